The SMILES string of the molecule is COc1ccc(C(C)NC(=O)CCCC(=O)c2ccccc2)cc1. The number of rotatable bonds is 8. The first kappa shape index (κ1) is 17.7. The molecule has 2 rings (SSSR count). The van der Waals surface area contributed by atoms with Gasteiger partial charge in [-0.15, -0.1) is 0 Å². The van der Waals surface area contributed by atoms with Gasteiger partial charge in [0.2, 0.25) is 5.91 Å². The topological polar surface area (TPSA) is 55.4 Å². The van der Waals surface area contributed by atoms with Gasteiger partial charge in [0.05, 0.1) is 13.2 Å². The number of nitrogens with one attached hydrogen (secondary N) is 1. The van der Waals surface area contributed by atoms with Gasteiger partial charge in [0.25, 0.3) is 0 Å². The quantitative estimate of drug-likeness (QED) is 0.748. The number of hydrogen-bond acceptors (Lipinski definition) is 3. The van der Waals surface area contributed by atoms with E-state index in [1.807, 2.05) is 49.4 Å². The number of hydrogen-bond donors (Lipinski definition) is 1. The van der Waals surface area contributed by atoms with E-state index >= 15 is 0 Å². The molecule has 0 aliphatic carbocycles. The van der Waals surface area contributed by atoms with E-state index in [2.05, 4.69) is 5.32 Å². The monoisotopic (exact) mass is 325 g/mol. The predicted molar refractivity (Wildman–Crippen MR) is 94.2 cm³/mol. The maximum Gasteiger partial charge on any atom is 0.220 e. The zero-order valence-electron chi connectivity index (χ0n) is 14.1. The minimum Gasteiger partial charge on any atom is -0.497 e. The van der Waals surface area contributed by atoms with Crippen molar-refractivity contribution in [3.8, 4) is 5.75 Å². The highest BCUT2D eigenvalue weighted by Gasteiger charge is 2.11. The number of carbonyl (C=O) groups is 2. The Kier molecular flexibility index (Phi) is 6.55. The molecular formula is C20H23NO3. The standard InChI is InChI=1S/C20H23NO3/c1-15(16-11-13-18(24-2)14-12-16)21-20(23)10-6-9-19(22)17-7-4-3-5-8-17/h3-5,7-8,11-15H,6,9-10H2,1-2H3,(H,21,23). The number of carbonyl (C=O) groups excluding carboxylic acids is 2. The first-order valence-electron chi connectivity index (χ1n) is 8.11. The van der Waals surface area contributed by atoms with Gasteiger partial charge >= 0.3 is 0 Å². The Balaban J connectivity index is 1.75. The summed E-state index contributed by atoms with van der Waals surface area (Å²) in [7, 11) is 1.62. The average Bonchev–Trinajstić information content (AvgIpc) is 2.62. The number of benzene rings is 2. The Morgan fingerprint density at radius 3 is 2.29 bits per heavy atom. The highest BCUT2D eigenvalue weighted by Crippen LogP contribution is 2.17. The maximum absolute atomic E-state index is 12.0. The van der Waals surface area contributed by atoms with E-state index in [0.29, 0.717) is 24.8 Å². The van der Waals surface area contributed by atoms with E-state index in [-0.39, 0.29) is 17.7 Å². The van der Waals surface area contributed by atoms with E-state index in [4.69, 9.17) is 4.74 Å². The Hall–Kier alpha value is -2.62. The number of amides is 1. The van der Waals surface area contributed by atoms with E-state index in [1.165, 1.54) is 0 Å². The maximum atomic E-state index is 12.0. The van der Waals surface area contributed by atoms with Gasteiger partial charge in [-0.2, -0.15) is 0 Å². The third kappa shape index (κ3) is 5.23. The molecule has 0 aliphatic rings. The highest BCUT2D eigenvalue weighted by atomic mass is 16.5. The molecule has 126 valence electrons. The summed E-state index contributed by atoms with van der Waals surface area (Å²) in [6, 6.07) is 16.7. The lowest BCUT2D eigenvalue weighted by Crippen LogP contribution is -2.26. The summed E-state index contributed by atoms with van der Waals surface area (Å²) in [6.07, 6.45) is 1.28. The van der Waals surface area contributed by atoms with Crippen molar-refractivity contribution in [2.24, 2.45) is 0 Å². The average molecular weight is 325 g/mol. The van der Waals surface area contributed by atoms with Crippen LogP contribution in [0.5, 0.6) is 5.75 Å². The number of ketones is 1. The lowest BCUT2D eigenvalue weighted by Gasteiger charge is -2.14. The molecule has 1 unspecified atom stereocenters. The Morgan fingerprint density at radius 1 is 1.00 bits per heavy atom. The summed E-state index contributed by atoms with van der Waals surface area (Å²) in [5, 5.41) is 2.96. The van der Waals surface area contributed by atoms with Crippen LogP contribution in [0.25, 0.3) is 0 Å². The van der Waals surface area contributed by atoms with Crippen molar-refractivity contribution in [3.63, 3.8) is 0 Å². The minimum absolute atomic E-state index is 0.0424. The van der Waals surface area contributed by atoms with Gasteiger partial charge in [0.1, 0.15) is 5.75 Å². The fourth-order valence-corrected chi connectivity index (χ4v) is 2.47. The highest BCUT2D eigenvalue weighted by molar-refractivity contribution is 5.96. The number of methoxy groups -OCH3 is 1. The molecule has 0 bridgehead atoms. The second-order valence-electron chi connectivity index (χ2n) is 5.71. The molecular weight excluding hydrogens is 302 g/mol. The van der Waals surface area contributed by atoms with Crippen LogP contribution in [0.3, 0.4) is 0 Å². The second-order valence-corrected chi connectivity index (χ2v) is 5.71. The fraction of sp³-hybridized carbons (Fsp3) is 0.300. The fourth-order valence-electron chi connectivity index (χ4n) is 2.47. The molecule has 24 heavy (non-hydrogen) atoms. The van der Waals surface area contributed by atoms with Gasteiger partial charge in [0.15, 0.2) is 5.78 Å². The number of ether oxygens (including phenoxy) is 1. The first-order chi connectivity index (χ1) is 11.6. The van der Waals surface area contributed by atoms with E-state index < -0.39 is 0 Å². The van der Waals surface area contributed by atoms with Gasteiger partial charge in [0, 0.05) is 18.4 Å². The molecule has 0 saturated carbocycles. The van der Waals surface area contributed by atoms with Gasteiger partial charge < -0.3 is 10.1 Å². The summed E-state index contributed by atoms with van der Waals surface area (Å²) >= 11 is 0. The van der Waals surface area contributed by atoms with Crippen molar-refractivity contribution in [3.05, 3.63) is 65.7 Å². The molecule has 0 fully saturated rings. The van der Waals surface area contributed by atoms with E-state index in [9.17, 15) is 9.59 Å². The summed E-state index contributed by atoms with van der Waals surface area (Å²) < 4.78 is 5.12. The van der Waals surface area contributed by atoms with Crippen molar-refractivity contribution in [1.82, 2.24) is 5.32 Å². The van der Waals surface area contributed by atoms with Crippen molar-refractivity contribution >= 4 is 11.7 Å². The predicted octanol–water partition coefficient (Wildman–Crippen LogP) is 3.93. The Labute approximate surface area is 142 Å². The van der Waals surface area contributed by atoms with Crippen LogP contribution in [-0.4, -0.2) is 18.8 Å². The Morgan fingerprint density at radius 2 is 1.67 bits per heavy atom. The lowest BCUT2D eigenvalue weighted by atomic mass is 10.0. The molecule has 4 heteroatoms. The van der Waals surface area contributed by atoms with Crippen molar-refractivity contribution in [2.75, 3.05) is 7.11 Å². The molecule has 0 aromatic heterocycles. The normalized spacial score (nSPS) is 11.6. The summed E-state index contributed by atoms with van der Waals surface area (Å²) in [5.41, 5.74) is 1.72. The van der Waals surface area contributed by atoms with Gasteiger partial charge in [-0.1, -0.05) is 42.5 Å². The molecule has 4 nitrogen and oxygen atoms in total. The van der Waals surface area contributed by atoms with Crippen LogP contribution in [0.2, 0.25) is 0 Å². The molecule has 0 aliphatic heterocycles. The van der Waals surface area contributed by atoms with Crippen LogP contribution in [0.4, 0.5) is 0 Å². The van der Waals surface area contributed by atoms with Gasteiger partial charge in [-0.25, -0.2) is 0 Å². The zero-order chi connectivity index (χ0) is 17.4. The number of Topliss-reactive ketones (excluding diaryl/α,β-unsaturated/α-hetero) is 1. The van der Waals surface area contributed by atoms with Crippen LogP contribution in [0.15, 0.2) is 54.6 Å². The summed E-state index contributed by atoms with van der Waals surface area (Å²) in [5.74, 6) is 0.822. The van der Waals surface area contributed by atoms with Crippen molar-refractivity contribution < 1.29 is 14.3 Å². The summed E-state index contributed by atoms with van der Waals surface area (Å²) in [4.78, 5) is 24.0. The van der Waals surface area contributed by atoms with Crippen LogP contribution in [-0.2, 0) is 4.79 Å². The third-order valence-electron chi connectivity index (χ3n) is 3.90. The van der Waals surface area contributed by atoms with Gasteiger partial charge in [-0.05, 0) is 31.0 Å². The lowest BCUT2D eigenvalue weighted by molar-refractivity contribution is -0.121. The molecule has 2 aromatic rings. The first-order valence-corrected chi connectivity index (χ1v) is 8.11. The molecule has 0 heterocycles. The van der Waals surface area contributed by atoms with Crippen LogP contribution in [0.1, 0.15) is 48.1 Å². The third-order valence-corrected chi connectivity index (χ3v) is 3.90. The molecule has 0 radical (unpaired) electrons. The van der Waals surface area contributed by atoms with E-state index in [0.717, 1.165) is 11.3 Å². The second kappa shape index (κ2) is 8.87. The molecule has 1 N–H and O–H groups in total. The van der Waals surface area contributed by atoms with E-state index in [1.54, 1.807) is 19.2 Å². The van der Waals surface area contributed by atoms with Crippen LogP contribution in [0, 0.1) is 0 Å². The molecule has 0 spiro atoms. The molecule has 1 amide bonds. The zero-order valence-corrected chi connectivity index (χ0v) is 14.1. The van der Waals surface area contributed by atoms with Crippen LogP contribution >= 0.6 is 0 Å². The smallest absolute Gasteiger partial charge is 0.220 e. The molecule has 1 atom stereocenters. The van der Waals surface area contributed by atoms with Crippen molar-refractivity contribution in [1.29, 1.82) is 0 Å². The van der Waals surface area contributed by atoms with Crippen LogP contribution < -0.4 is 10.1 Å². The largest absolute Gasteiger partial charge is 0.497 e. The van der Waals surface area contributed by atoms with Gasteiger partial charge in [-0.3, -0.25) is 9.59 Å². The minimum atomic E-state index is -0.0757. The summed E-state index contributed by atoms with van der Waals surface area (Å²) in [6.45, 7) is 1.94. The van der Waals surface area contributed by atoms with Crippen molar-refractivity contribution in [2.45, 2.75) is 32.2 Å². The molecule has 0 saturated heterocycles. The molecule has 2 aromatic carbocycles. The Bertz CT molecular complexity index is 665.